The fraction of sp³-hybridized carbons (Fsp3) is 0.211. The number of methoxy groups -OCH3 is 1. The minimum Gasteiger partial charge on any atom is -0.465 e. The number of aryl methyl sites for hydroxylation is 1. The Balaban J connectivity index is 1.70. The molecular weight excluding hydrogens is 435 g/mol. The summed E-state index contributed by atoms with van der Waals surface area (Å²) in [5.41, 5.74) is 2.28. The second kappa shape index (κ2) is 8.89. The van der Waals surface area contributed by atoms with Crippen molar-refractivity contribution in [3.05, 3.63) is 63.0 Å². The van der Waals surface area contributed by atoms with Gasteiger partial charge in [-0.05, 0) is 43.8 Å². The number of hydrogen-bond acceptors (Lipinski definition) is 5. The second-order valence-corrected chi connectivity index (χ2v) is 8.23. The molecule has 152 valence electrons. The molecule has 0 aliphatic carbocycles. The van der Waals surface area contributed by atoms with Gasteiger partial charge < -0.3 is 15.4 Å². The minimum atomic E-state index is -0.424. The molecule has 3 rings (SSSR count). The zero-order chi connectivity index (χ0) is 21.1. The lowest BCUT2D eigenvalue weighted by molar-refractivity contribution is 0.0601. The van der Waals surface area contributed by atoms with Crippen molar-refractivity contribution in [3.8, 4) is 0 Å². The van der Waals surface area contributed by atoms with Crippen LogP contribution >= 0.6 is 35.2 Å². The number of nitrogens with one attached hydrogen (secondary N) is 2. The Bertz CT molecular complexity index is 1060. The highest BCUT2D eigenvalue weighted by Crippen LogP contribution is 2.33. The van der Waals surface area contributed by atoms with Crippen molar-refractivity contribution in [1.82, 2.24) is 9.78 Å². The van der Waals surface area contributed by atoms with Crippen molar-refractivity contribution in [1.29, 1.82) is 0 Å². The Morgan fingerprint density at radius 2 is 2.14 bits per heavy atom. The lowest BCUT2D eigenvalue weighted by atomic mass is 10.1. The predicted octanol–water partition coefficient (Wildman–Crippen LogP) is 5.00. The lowest BCUT2D eigenvalue weighted by Crippen LogP contribution is -2.20. The van der Waals surface area contributed by atoms with E-state index in [1.54, 1.807) is 29.2 Å². The van der Waals surface area contributed by atoms with Crippen molar-refractivity contribution in [3.63, 3.8) is 0 Å². The summed E-state index contributed by atoms with van der Waals surface area (Å²) in [7, 11) is 1.34. The average Bonchev–Trinajstić information content (AvgIpc) is 3.22. The number of ether oxygens (including phenoxy) is 1. The Morgan fingerprint density at radius 1 is 1.38 bits per heavy atom. The first-order chi connectivity index (χ1) is 13.8. The van der Waals surface area contributed by atoms with Crippen molar-refractivity contribution in [2.45, 2.75) is 20.4 Å². The first-order valence-electron chi connectivity index (χ1n) is 8.51. The number of rotatable bonds is 5. The molecule has 0 aliphatic heterocycles. The zero-order valence-corrected chi connectivity index (χ0v) is 18.3. The summed E-state index contributed by atoms with van der Waals surface area (Å²) in [5, 5.41) is 11.5. The van der Waals surface area contributed by atoms with Gasteiger partial charge in [-0.15, -0.1) is 11.3 Å². The van der Waals surface area contributed by atoms with Crippen LogP contribution in [-0.2, 0) is 11.3 Å². The molecule has 2 heterocycles. The second-order valence-electron chi connectivity index (χ2n) is 6.18. The lowest BCUT2D eigenvalue weighted by Gasteiger charge is -2.09. The molecule has 0 saturated heterocycles. The van der Waals surface area contributed by atoms with Crippen molar-refractivity contribution < 1.29 is 13.9 Å². The van der Waals surface area contributed by atoms with Crippen LogP contribution in [0.2, 0.25) is 5.02 Å². The molecule has 0 saturated carbocycles. The third-order valence-electron chi connectivity index (χ3n) is 4.27. The molecule has 0 atom stereocenters. The summed E-state index contributed by atoms with van der Waals surface area (Å²) < 4.78 is 20.4. The van der Waals surface area contributed by atoms with Crippen LogP contribution < -0.4 is 10.6 Å². The van der Waals surface area contributed by atoms with Gasteiger partial charge in [-0.25, -0.2) is 9.18 Å². The van der Waals surface area contributed by atoms with Gasteiger partial charge in [0.05, 0.1) is 31.1 Å². The van der Waals surface area contributed by atoms with E-state index in [-0.39, 0.29) is 6.54 Å². The monoisotopic (exact) mass is 452 g/mol. The fourth-order valence-corrected chi connectivity index (χ4v) is 4.25. The van der Waals surface area contributed by atoms with E-state index in [9.17, 15) is 9.18 Å². The number of carbonyl (C=O) groups excluding carboxylic acids is 1. The molecular formula is C19H18ClFN4O2S2. The summed E-state index contributed by atoms with van der Waals surface area (Å²) >= 11 is 12.8. The fourth-order valence-electron chi connectivity index (χ4n) is 2.69. The van der Waals surface area contributed by atoms with Crippen molar-refractivity contribution >= 4 is 56.9 Å². The first kappa shape index (κ1) is 21.2. The van der Waals surface area contributed by atoms with E-state index in [2.05, 4.69) is 15.7 Å². The van der Waals surface area contributed by atoms with Crippen LogP contribution in [0.1, 0.15) is 26.4 Å². The third-order valence-corrected chi connectivity index (χ3v) is 5.96. The van der Waals surface area contributed by atoms with E-state index in [0.29, 0.717) is 32.0 Å². The maximum absolute atomic E-state index is 14.0. The van der Waals surface area contributed by atoms with E-state index >= 15 is 0 Å². The Hall–Kier alpha value is -2.49. The van der Waals surface area contributed by atoms with Gasteiger partial charge in [0.2, 0.25) is 0 Å². The summed E-state index contributed by atoms with van der Waals surface area (Å²) in [4.78, 5) is 13.1. The molecule has 0 aliphatic rings. The van der Waals surface area contributed by atoms with Gasteiger partial charge in [0.1, 0.15) is 10.8 Å². The first-order valence-corrected chi connectivity index (χ1v) is 10.1. The van der Waals surface area contributed by atoms with Crippen molar-refractivity contribution in [2.75, 3.05) is 17.7 Å². The topological polar surface area (TPSA) is 68.2 Å². The quantitative estimate of drug-likeness (QED) is 0.419. The highest BCUT2D eigenvalue weighted by molar-refractivity contribution is 7.80. The number of anilines is 2. The van der Waals surface area contributed by atoms with E-state index < -0.39 is 11.8 Å². The molecule has 0 amide bonds. The van der Waals surface area contributed by atoms with Gasteiger partial charge >= 0.3 is 5.97 Å². The van der Waals surface area contributed by atoms with Crippen molar-refractivity contribution in [2.24, 2.45) is 0 Å². The number of aromatic nitrogens is 2. The van der Waals surface area contributed by atoms with Gasteiger partial charge in [-0.2, -0.15) is 5.10 Å². The summed E-state index contributed by atoms with van der Waals surface area (Å²) in [5.74, 6) is -0.815. The van der Waals surface area contributed by atoms with Crippen LogP contribution in [0.3, 0.4) is 0 Å². The van der Waals surface area contributed by atoms with Crippen LogP contribution in [0.25, 0.3) is 0 Å². The average molecular weight is 453 g/mol. The van der Waals surface area contributed by atoms with E-state index in [1.807, 2.05) is 13.8 Å². The Morgan fingerprint density at radius 3 is 2.83 bits per heavy atom. The Labute approximate surface area is 181 Å². The number of esters is 1. The van der Waals surface area contributed by atoms with Crippen LogP contribution in [0, 0.1) is 19.7 Å². The molecule has 0 bridgehead atoms. The zero-order valence-electron chi connectivity index (χ0n) is 15.9. The molecule has 0 spiro atoms. The summed E-state index contributed by atoms with van der Waals surface area (Å²) in [6.45, 7) is 3.97. The van der Waals surface area contributed by atoms with Gasteiger partial charge in [0.15, 0.2) is 5.11 Å². The number of thiocarbonyl (C=S) groups is 1. The molecule has 2 aromatic heterocycles. The highest BCUT2D eigenvalue weighted by Gasteiger charge is 2.21. The van der Waals surface area contributed by atoms with E-state index in [4.69, 9.17) is 28.6 Å². The molecule has 3 aromatic rings. The Kier molecular flexibility index (Phi) is 6.51. The maximum Gasteiger partial charge on any atom is 0.341 e. The molecule has 0 fully saturated rings. The smallest absolute Gasteiger partial charge is 0.341 e. The highest BCUT2D eigenvalue weighted by atomic mass is 35.5. The summed E-state index contributed by atoms with van der Waals surface area (Å²) in [6, 6.07) is 4.54. The number of carbonyl (C=O) groups is 1. The molecule has 0 radical (unpaired) electrons. The van der Waals surface area contributed by atoms with E-state index in [1.165, 1.54) is 24.5 Å². The largest absolute Gasteiger partial charge is 0.465 e. The number of nitrogens with zero attached hydrogens (tertiary/aromatic N) is 2. The molecule has 29 heavy (non-hydrogen) atoms. The standard InChI is InChI=1S/C19H18ClFN4O2S2/c1-10-11(2)29-17(16(10)18(26)27-3)24-19(28)23-12-7-22-25(8-12)9-13-14(20)5-4-6-15(13)21/h4-8H,9H2,1-3H3,(H2,23,24,28). The minimum absolute atomic E-state index is 0.184. The SMILES string of the molecule is COC(=O)c1c(NC(=S)Nc2cnn(Cc3c(F)cccc3Cl)c2)sc(C)c1C. The van der Waals surface area contributed by atoms with Gasteiger partial charge in [0, 0.05) is 21.7 Å². The summed E-state index contributed by atoms with van der Waals surface area (Å²) in [6.07, 6.45) is 3.25. The third kappa shape index (κ3) is 4.75. The molecule has 2 N–H and O–H groups in total. The van der Waals surface area contributed by atoms with Crippen LogP contribution in [0.4, 0.5) is 15.1 Å². The van der Waals surface area contributed by atoms with Crippen LogP contribution in [0.15, 0.2) is 30.6 Å². The number of thiophene rings is 1. The molecule has 0 unspecified atom stereocenters. The predicted molar refractivity (Wildman–Crippen MR) is 118 cm³/mol. The number of benzene rings is 1. The normalized spacial score (nSPS) is 10.7. The number of halogens is 2. The van der Waals surface area contributed by atoms with Crippen LogP contribution in [-0.4, -0.2) is 28.0 Å². The van der Waals surface area contributed by atoms with Gasteiger partial charge in [-0.3, -0.25) is 4.68 Å². The molecule has 6 nitrogen and oxygen atoms in total. The number of hydrogen-bond donors (Lipinski definition) is 2. The van der Waals surface area contributed by atoms with Gasteiger partial charge in [-0.1, -0.05) is 17.7 Å². The molecule has 1 aromatic carbocycles. The van der Waals surface area contributed by atoms with Gasteiger partial charge in [0.25, 0.3) is 0 Å². The maximum atomic E-state index is 14.0. The molecule has 10 heteroatoms. The van der Waals surface area contributed by atoms with Crippen LogP contribution in [0.5, 0.6) is 0 Å². The van der Waals surface area contributed by atoms with E-state index in [0.717, 1.165) is 10.4 Å².